The van der Waals surface area contributed by atoms with Crippen LogP contribution >= 0.6 is 11.6 Å². The Labute approximate surface area is 206 Å². The maximum absolute atomic E-state index is 12.1. The third-order valence-electron chi connectivity index (χ3n) is 5.69. The van der Waals surface area contributed by atoms with Crippen molar-refractivity contribution in [3.05, 3.63) is 83.0 Å². The van der Waals surface area contributed by atoms with E-state index in [2.05, 4.69) is 9.97 Å². The van der Waals surface area contributed by atoms with Crippen molar-refractivity contribution in [1.82, 2.24) is 9.97 Å². The normalized spacial score (nSPS) is 14.5. The molecule has 0 saturated heterocycles. The van der Waals surface area contributed by atoms with Gasteiger partial charge >= 0.3 is 5.97 Å². The smallest absolute Gasteiger partial charge is 0.345 e. The first kappa shape index (κ1) is 22.9. The van der Waals surface area contributed by atoms with Crippen molar-refractivity contribution in [1.29, 1.82) is 0 Å². The lowest BCUT2D eigenvalue weighted by Crippen LogP contribution is -2.33. The number of benzene rings is 3. The molecule has 1 aromatic heterocycles. The maximum atomic E-state index is 12.1. The molecule has 2 atom stereocenters. The van der Waals surface area contributed by atoms with E-state index < -0.39 is 18.0 Å². The van der Waals surface area contributed by atoms with Crippen molar-refractivity contribution in [2.45, 2.75) is 25.6 Å². The highest BCUT2D eigenvalue weighted by Gasteiger charge is 2.31. The van der Waals surface area contributed by atoms with Crippen LogP contribution in [0.1, 0.15) is 24.0 Å². The van der Waals surface area contributed by atoms with Gasteiger partial charge in [0.25, 0.3) is 0 Å². The average molecular weight is 493 g/mol. The van der Waals surface area contributed by atoms with Crippen LogP contribution in [0.4, 0.5) is 0 Å². The summed E-state index contributed by atoms with van der Waals surface area (Å²) in [6, 6.07) is 17.4. The molecule has 1 aliphatic rings. The maximum Gasteiger partial charge on any atom is 0.345 e. The summed E-state index contributed by atoms with van der Waals surface area (Å²) >= 11 is 5.99. The molecular formula is C26H21ClN2O6. The molecule has 9 heteroatoms. The summed E-state index contributed by atoms with van der Waals surface area (Å²) in [5.74, 6) is 0.402. The van der Waals surface area contributed by atoms with Crippen LogP contribution in [-0.2, 0) is 16.1 Å². The first-order valence-corrected chi connectivity index (χ1v) is 11.3. The van der Waals surface area contributed by atoms with Crippen molar-refractivity contribution in [3.63, 3.8) is 0 Å². The quantitative estimate of drug-likeness (QED) is 0.357. The van der Waals surface area contributed by atoms with Gasteiger partial charge in [0.2, 0.25) is 12.0 Å². The predicted molar refractivity (Wildman–Crippen MR) is 128 cm³/mol. The molecule has 0 radical (unpaired) electrons. The zero-order chi connectivity index (χ0) is 24.4. The molecule has 178 valence electrons. The minimum Gasteiger partial charge on any atom is -0.478 e. The third-order valence-corrected chi connectivity index (χ3v) is 5.93. The van der Waals surface area contributed by atoms with Gasteiger partial charge in [-0.25, -0.2) is 14.8 Å². The molecular weight excluding hydrogens is 472 g/mol. The van der Waals surface area contributed by atoms with Crippen molar-refractivity contribution in [2.75, 3.05) is 6.79 Å². The fourth-order valence-corrected chi connectivity index (χ4v) is 4.11. The molecule has 0 unspecified atom stereocenters. The standard InChI is InChI=1S/C26H21ClN2O6/c1-15(19-3-2-4-23-20(19)13-32-14-33-23)25(26(30)31)35-18-8-6-17(7-9-18)34-24-12-28-22-11-16(27)5-10-21(22)29-24/h2-12,15,25H,13-14H2,1H3,(H,30,31)/t15-,25-/m1/s1. The lowest BCUT2D eigenvalue weighted by atomic mass is 9.90. The Morgan fingerprint density at radius 1 is 1.09 bits per heavy atom. The van der Waals surface area contributed by atoms with Gasteiger partial charge in [0.1, 0.15) is 17.2 Å². The summed E-state index contributed by atoms with van der Waals surface area (Å²) in [7, 11) is 0. The zero-order valence-electron chi connectivity index (χ0n) is 18.7. The molecule has 35 heavy (non-hydrogen) atoms. The Hall–Kier alpha value is -3.88. The predicted octanol–water partition coefficient (Wildman–Crippen LogP) is 5.58. The number of nitrogens with zero attached hydrogens (tertiary/aromatic N) is 2. The molecule has 8 nitrogen and oxygen atoms in total. The largest absolute Gasteiger partial charge is 0.478 e. The van der Waals surface area contributed by atoms with E-state index in [9.17, 15) is 9.90 Å². The topological polar surface area (TPSA) is 100 Å². The van der Waals surface area contributed by atoms with Crippen molar-refractivity contribution in [3.8, 4) is 23.1 Å². The molecule has 1 aliphatic heterocycles. The first-order valence-electron chi connectivity index (χ1n) is 10.9. The molecule has 0 amide bonds. The number of aliphatic carboxylic acids is 1. The monoisotopic (exact) mass is 492 g/mol. The van der Waals surface area contributed by atoms with Crippen molar-refractivity contribution < 1.29 is 28.8 Å². The van der Waals surface area contributed by atoms with Gasteiger partial charge in [0.05, 0.1) is 23.8 Å². The van der Waals surface area contributed by atoms with Gasteiger partial charge in [-0.05, 0) is 54.1 Å². The summed E-state index contributed by atoms with van der Waals surface area (Å²) < 4.78 is 22.6. The van der Waals surface area contributed by atoms with Crippen LogP contribution < -0.4 is 14.2 Å². The number of halogens is 1. The van der Waals surface area contributed by atoms with E-state index in [4.69, 9.17) is 30.5 Å². The molecule has 0 bridgehead atoms. The fourth-order valence-electron chi connectivity index (χ4n) is 3.95. The Balaban J connectivity index is 1.31. The van der Waals surface area contributed by atoms with Crippen LogP contribution in [-0.4, -0.2) is 33.9 Å². The minimum absolute atomic E-state index is 0.178. The Bertz CT molecular complexity index is 1380. The second kappa shape index (κ2) is 9.77. The SMILES string of the molecule is C[C@H](c1cccc2c1COCO2)[C@@H](Oc1ccc(Oc2cnc3cc(Cl)ccc3n2)cc1)C(=O)O. The Kier molecular flexibility index (Phi) is 6.39. The van der Waals surface area contributed by atoms with Gasteiger partial charge in [-0.15, -0.1) is 0 Å². The molecule has 5 rings (SSSR count). The summed E-state index contributed by atoms with van der Waals surface area (Å²) in [5, 5.41) is 10.5. The number of hydrogen-bond donors (Lipinski definition) is 1. The molecule has 0 fully saturated rings. The van der Waals surface area contributed by atoms with E-state index in [0.717, 1.165) is 11.1 Å². The van der Waals surface area contributed by atoms with Crippen molar-refractivity contribution >= 4 is 28.6 Å². The second-order valence-electron chi connectivity index (χ2n) is 8.01. The van der Waals surface area contributed by atoms with Crippen LogP contribution in [0, 0.1) is 0 Å². The number of ether oxygens (including phenoxy) is 4. The van der Waals surface area contributed by atoms with Crippen molar-refractivity contribution in [2.24, 2.45) is 0 Å². The number of carbonyl (C=O) groups is 1. The van der Waals surface area contributed by atoms with E-state index in [-0.39, 0.29) is 6.79 Å². The number of hydrogen-bond acceptors (Lipinski definition) is 7. The van der Waals surface area contributed by atoms with Crippen LogP contribution in [0.5, 0.6) is 23.1 Å². The molecule has 3 aromatic carbocycles. The van der Waals surface area contributed by atoms with E-state index in [1.165, 1.54) is 6.20 Å². The molecule has 4 aromatic rings. The van der Waals surface area contributed by atoms with Gasteiger partial charge in [0, 0.05) is 16.5 Å². The molecule has 0 aliphatic carbocycles. The summed E-state index contributed by atoms with van der Waals surface area (Å²) in [6.07, 6.45) is 0.396. The summed E-state index contributed by atoms with van der Waals surface area (Å²) in [5.41, 5.74) is 2.97. The minimum atomic E-state index is -1.12. The van der Waals surface area contributed by atoms with Crippen LogP contribution in [0.25, 0.3) is 11.0 Å². The third kappa shape index (κ3) is 4.99. The highest BCUT2D eigenvalue weighted by atomic mass is 35.5. The van der Waals surface area contributed by atoms with Gasteiger partial charge in [-0.2, -0.15) is 0 Å². The van der Waals surface area contributed by atoms with E-state index in [1.807, 2.05) is 25.1 Å². The van der Waals surface area contributed by atoms with Crippen LogP contribution in [0.3, 0.4) is 0 Å². The van der Waals surface area contributed by atoms with E-state index in [0.29, 0.717) is 45.8 Å². The number of fused-ring (bicyclic) bond motifs is 2. The van der Waals surface area contributed by atoms with Crippen LogP contribution in [0.2, 0.25) is 5.02 Å². The number of carboxylic acids is 1. The molecule has 2 heterocycles. The Morgan fingerprint density at radius 2 is 1.89 bits per heavy atom. The highest BCUT2D eigenvalue weighted by molar-refractivity contribution is 6.31. The summed E-state index contributed by atoms with van der Waals surface area (Å²) in [4.78, 5) is 20.8. The zero-order valence-corrected chi connectivity index (χ0v) is 19.4. The average Bonchev–Trinajstić information content (AvgIpc) is 2.87. The Morgan fingerprint density at radius 3 is 2.69 bits per heavy atom. The van der Waals surface area contributed by atoms with Gasteiger partial charge < -0.3 is 24.1 Å². The summed E-state index contributed by atoms with van der Waals surface area (Å²) in [6.45, 7) is 2.35. The lowest BCUT2D eigenvalue weighted by Gasteiger charge is -2.27. The van der Waals surface area contributed by atoms with Gasteiger partial charge in [0.15, 0.2) is 6.79 Å². The fraction of sp³-hybridized carbons (Fsp3) is 0.192. The van der Waals surface area contributed by atoms with E-state index >= 15 is 0 Å². The lowest BCUT2D eigenvalue weighted by molar-refractivity contribution is -0.146. The van der Waals surface area contributed by atoms with Crippen LogP contribution in [0.15, 0.2) is 66.9 Å². The second-order valence-corrected chi connectivity index (χ2v) is 8.45. The highest BCUT2D eigenvalue weighted by Crippen LogP contribution is 2.34. The molecule has 1 N–H and O–H groups in total. The first-order chi connectivity index (χ1) is 17.0. The number of rotatable bonds is 7. The number of aromatic nitrogens is 2. The molecule has 0 spiro atoms. The van der Waals surface area contributed by atoms with Gasteiger partial charge in [-0.1, -0.05) is 30.7 Å². The van der Waals surface area contributed by atoms with E-state index in [1.54, 1.807) is 42.5 Å². The molecule has 0 saturated carbocycles. The van der Waals surface area contributed by atoms with Gasteiger partial charge in [-0.3, -0.25) is 0 Å². The number of carboxylic acid groups (broad SMARTS) is 1.